The number of hydrogen-bond donors (Lipinski definition) is 1. The molecule has 0 spiro atoms. The van der Waals surface area contributed by atoms with E-state index in [1.807, 2.05) is 30.3 Å². The van der Waals surface area contributed by atoms with Crippen LogP contribution in [0.3, 0.4) is 0 Å². The third kappa shape index (κ3) is 3.24. The van der Waals surface area contributed by atoms with Gasteiger partial charge in [-0.15, -0.1) is 0 Å². The van der Waals surface area contributed by atoms with Crippen LogP contribution in [0.4, 0.5) is 4.79 Å². The summed E-state index contributed by atoms with van der Waals surface area (Å²) in [7, 11) is 0. The van der Waals surface area contributed by atoms with E-state index in [4.69, 9.17) is 4.74 Å². The van der Waals surface area contributed by atoms with Gasteiger partial charge in [-0.2, -0.15) is 0 Å². The Hall–Kier alpha value is -2.04. The molecule has 0 atom stereocenters. The fourth-order valence-electron chi connectivity index (χ4n) is 5.75. The van der Waals surface area contributed by atoms with Crippen molar-refractivity contribution in [3.63, 3.8) is 0 Å². The number of carboxylic acid groups (broad SMARTS) is 1. The van der Waals surface area contributed by atoms with Crippen LogP contribution in [-0.2, 0) is 16.1 Å². The van der Waals surface area contributed by atoms with E-state index >= 15 is 0 Å². The van der Waals surface area contributed by atoms with E-state index < -0.39 is 12.1 Å². The third-order valence-corrected chi connectivity index (χ3v) is 6.30. The summed E-state index contributed by atoms with van der Waals surface area (Å²) in [6.45, 7) is -0.0814. The first kappa shape index (κ1) is 16.4. The monoisotopic (exact) mass is 343 g/mol. The molecular weight excluding hydrogens is 318 g/mol. The SMILES string of the molecule is O=C(O)CN(C(=O)OCc1ccccc1)C12CC3CC(CC(C3)C1)C2. The lowest BCUT2D eigenvalue weighted by molar-refractivity contribution is -0.143. The van der Waals surface area contributed by atoms with Crippen molar-refractivity contribution in [3.05, 3.63) is 35.9 Å². The van der Waals surface area contributed by atoms with E-state index in [-0.39, 0.29) is 18.7 Å². The summed E-state index contributed by atoms with van der Waals surface area (Å²) < 4.78 is 5.50. The van der Waals surface area contributed by atoms with Gasteiger partial charge in [-0.1, -0.05) is 30.3 Å². The van der Waals surface area contributed by atoms with Crippen molar-refractivity contribution in [1.29, 1.82) is 0 Å². The number of carbonyl (C=O) groups excluding carboxylic acids is 1. The Morgan fingerprint density at radius 1 is 1.04 bits per heavy atom. The smallest absolute Gasteiger partial charge is 0.411 e. The first-order valence-corrected chi connectivity index (χ1v) is 9.24. The second-order valence-electron chi connectivity index (χ2n) is 8.16. The van der Waals surface area contributed by atoms with Crippen LogP contribution in [0.5, 0.6) is 0 Å². The van der Waals surface area contributed by atoms with Crippen LogP contribution in [0.2, 0.25) is 0 Å². The van der Waals surface area contributed by atoms with E-state index in [0.717, 1.165) is 24.8 Å². The Labute approximate surface area is 148 Å². The molecule has 4 aliphatic rings. The van der Waals surface area contributed by atoms with Gasteiger partial charge in [-0.3, -0.25) is 9.69 Å². The predicted octanol–water partition coefficient (Wildman–Crippen LogP) is 3.68. The molecule has 0 saturated heterocycles. The molecule has 4 bridgehead atoms. The van der Waals surface area contributed by atoms with Crippen molar-refractivity contribution in [2.24, 2.45) is 17.8 Å². The topological polar surface area (TPSA) is 66.8 Å². The molecule has 5 heteroatoms. The van der Waals surface area contributed by atoms with Gasteiger partial charge in [0.05, 0.1) is 0 Å². The highest BCUT2D eigenvalue weighted by Gasteiger charge is 2.55. The van der Waals surface area contributed by atoms with Gasteiger partial charge in [0.2, 0.25) is 0 Å². The molecule has 0 radical (unpaired) electrons. The lowest BCUT2D eigenvalue weighted by Gasteiger charge is -2.59. The number of benzene rings is 1. The maximum absolute atomic E-state index is 12.8. The highest BCUT2D eigenvalue weighted by Crippen LogP contribution is 2.57. The van der Waals surface area contributed by atoms with Crippen LogP contribution < -0.4 is 0 Å². The number of nitrogens with zero attached hydrogens (tertiary/aromatic N) is 1. The van der Waals surface area contributed by atoms with E-state index in [1.165, 1.54) is 19.3 Å². The molecule has 1 N–H and O–H groups in total. The molecule has 0 heterocycles. The number of carboxylic acids is 1. The Balaban J connectivity index is 1.51. The standard InChI is InChI=1S/C20H25NO4/c22-18(23)12-21(19(24)25-13-14-4-2-1-3-5-14)20-9-15-6-16(10-20)8-17(7-15)11-20/h1-5,15-17H,6-13H2,(H,22,23). The van der Waals surface area contributed by atoms with Gasteiger partial charge >= 0.3 is 12.1 Å². The molecule has 0 aromatic heterocycles. The molecule has 4 fully saturated rings. The van der Waals surface area contributed by atoms with Crippen molar-refractivity contribution >= 4 is 12.1 Å². The van der Waals surface area contributed by atoms with Crippen LogP contribution in [0.1, 0.15) is 44.1 Å². The van der Waals surface area contributed by atoms with Gasteiger partial charge < -0.3 is 9.84 Å². The molecule has 134 valence electrons. The van der Waals surface area contributed by atoms with Gasteiger partial charge in [0.25, 0.3) is 0 Å². The summed E-state index contributed by atoms with van der Waals surface area (Å²) >= 11 is 0. The highest BCUT2D eigenvalue weighted by molar-refractivity contribution is 5.77. The van der Waals surface area contributed by atoms with Gasteiger partial charge in [0, 0.05) is 5.54 Å². The lowest BCUT2D eigenvalue weighted by Crippen LogP contribution is -2.62. The van der Waals surface area contributed by atoms with Crippen LogP contribution in [0.15, 0.2) is 30.3 Å². The molecule has 1 aromatic carbocycles. The van der Waals surface area contributed by atoms with Crippen LogP contribution >= 0.6 is 0 Å². The van der Waals surface area contributed by atoms with E-state index in [1.54, 1.807) is 4.90 Å². The minimum absolute atomic E-state index is 0.183. The zero-order chi connectivity index (χ0) is 17.4. The molecule has 1 aromatic rings. The predicted molar refractivity (Wildman–Crippen MR) is 91.9 cm³/mol. The largest absolute Gasteiger partial charge is 0.480 e. The van der Waals surface area contributed by atoms with Crippen LogP contribution in [-0.4, -0.2) is 34.2 Å². The number of hydrogen-bond acceptors (Lipinski definition) is 3. The summed E-state index contributed by atoms with van der Waals surface area (Å²) in [5, 5.41) is 9.37. The van der Waals surface area contributed by atoms with Crippen molar-refractivity contribution in [2.45, 2.75) is 50.7 Å². The number of amides is 1. The molecule has 4 saturated carbocycles. The molecule has 1 amide bonds. The number of ether oxygens (including phenoxy) is 1. The lowest BCUT2D eigenvalue weighted by atomic mass is 9.52. The summed E-state index contributed by atoms with van der Waals surface area (Å²) in [6, 6.07) is 9.52. The Morgan fingerprint density at radius 2 is 1.60 bits per heavy atom. The Bertz CT molecular complexity index is 622. The first-order chi connectivity index (χ1) is 12.0. The quantitative estimate of drug-likeness (QED) is 0.885. The van der Waals surface area contributed by atoms with Crippen molar-refractivity contribution in [1.82, 2.24) is 4.90 Å². The normalized spacial score (nSPS) is 32.4. The van der Waals surface area contributed by atoms with Gasteiger partial charge in [0.15, 0.2) is 0 Å². The number of aliphatic carboxylic acids is 1. The molecule has 4 aliphatic carbocycles. The van der Waals surface area contributed by atoms with Gasteiger partial charge in [-0.05, 0) is 61.8 Å². The second-order valence-corrected chi connectivity index (χ2v) is 8.16. The maximum Gasteiger partial charge on any atom is 0.411 e. The van der Waals surface area contributed by atoms with Crippen LogP contribution in [0.25, 0.3) is 0 Å². The molecule has 5 nitrogen and oxygen atoms in total. The van der Waals surface area contributed by atoms with E-state index in [9.17, 15) is 14.7 Å². The molecule has 0 unspecified atom stereocenters. The zero-order valence-corrected chi connectivity index (χ0v) is 14.4. The summed E-state index contributed by atoms with van der Waals surface area (Å²) in [5.74, 6) is 0.964. The summed E-state index contributed by atoms with van der Waals surface area (Å²) in [5.41, 5.74) is 0.609. The molecular formula is C20H25NO4. The van der Waals surface area contributed by atoms with Crippen molar-refractivity contribution in [3.8, 4) is 0 Å². The average Bonchev–Trinajstić information content (AvgIpc) is 2.57. The van der Waals surface area contributed by atoms with Crippen molar-refractivity contribution in [2.75, 3.05) is 6.54 Å². The first-order valence-electron chi connectivity index (χ1n) is 9.24. The van der Waals surface area contributed by atoms with E-state index in [2.05, 4.69) is 0 Å². The fraction of sp³-hybridized carbons (Fsp3) is 0.600. The van der Waals surface area contributed by atoms with Gasteiger partial charge in [0.1, 0.15) is 13.2 Å². The Morgan fingerprint density at radius 3 is 2.12 bits per heavy atom. The second kappa shape index (κ2) is 6.36. The molecule has 5 rings (SSSR count). The number of rotatable bonds is 5. The minimum atomic E-state index is -0.965. The zero-order valence-electron chi connectivity index (χ0n) is 14.4. The maximum atomic E-state index is 12.8. The Kier molecular flexibility index (Phi) is 4.18. The van der Waals surface area contributed by atoms with Crippen LogP contribution in [0, 0.1) is 17.8 Å². The minimum Gasteiger partial charge on any atom is -0.480 e. The van der Waals surface area contributed by atoms with Crippen molar-refractivity contribution < 1.29 is 19.4 Å². The molecule has 25 heavy (non-hydrogen) atoms. The summed E-state index contributed by atoms with van der Waals surface area (Å²) in [4.78, 5) is 25.8. The summed E-state index contributed by atoms with van der Waals surface area (Å²) in [6.07, 6.45) is 6.08. The van der Waals surface area contributed by atoms with Gasteiger partial charge in [-0.25, -0.2) is 4.79 Å². The fourth-order valence-corrected chi connectivity index (χ4v) is 5.75. The average molecular weight is 343 g/mol. The number of carbonyl (C=O) groups is 2. The highest BCUT2D eigenvalue weighted by atomic mass is 16.6. The van der Waals surface area contributed by atoms with E-state index in [0.29, 0.717) is 17.8 Å². The third-order valence-electron chi connectivity index (χ3n) is 6.30. The molecule has 0 aliphatic heterocycles.